The molecule has 98 valence electrons. The summed E-state index contributed by atoms with van der Waals surface area (Å²) in [6.45, 7) is 2.05. The van der Waals surface area contributed by atoms with Gasteiger partial charge in [0.25, 0.3) is 0 Å². The normalized spacial score (nSPS) is 11.8. The molecule has 17 heavy (non-hydrogen) atoms. The van der Waals surface area contributed by atoms with E-state index >= 15 is 0 Å². The Kier molecular flexibility index (Phi) is 7.46. The number of hydrogen-bond donors (Lipinski definition) is 2. The van der Waals surface area contributed by atoms with E-state index in [0.29, 0.717) is 18.6 Å². The predicted octanol–water partition coefficient (Wildman–Crippen LogP) is 2.68. The maximum Gasteiger partial charge on any atom is 0.173 e. The second-order valence-electron chi connectivity index (χ2n) is 3.37. The molecule has 3 N–H and O–H groups in total. The van der Waals surface area contributed by atoms with Gasteiger partial charge < -0.3 is 15.6 Å². The number of ether oxygens (including phenoxy) is 1. The minimum absolute atomic E-state index is 0. The summed E-state index contributed by atoms with van der Waals surface area (Å²) in [6, 6.07) is 2.43. The quantitative estimate of drug-likeness (QED) is 0.874. The summed E-state index contributed by atoms with van der Waals surface area (Å²) in [5.41, 5.74) is 6.30. The van der Waals surface area contributed by atoms with Crippen molar-refractivity contribution in [2.24, 2.45) is 5.73 Å². The molecule has 0 spiro atoms. The van der Waals surface area contributed by atoms with E-state index in [4.69, 9.17) is 27.2 Å². The molecular weight excluding hydrogens is 268 g/mol. The third-order valence-electron chi connectivity index (χ3n) is 2.18. The number of rotatable bonds is 5. The molecule has 0 radical (unpaired) electrons. The maximum absolute atomic E-state index is 13.6. The van der Waals surface area contributed by atoms with E-state index in [2.05, 4.69) is 0 Å². The standard InChI is InChI=1S/C11H15ClFNO2.ClH/c1-2-16-11-8(12)5-7(6-9(11)13)10(14)3-4-15;/h5-6,10,15H,2-4,14H2,1H3;1H/t10-;/m1./s1. The second-order valence-corrected chi connectivity index (χ2v) is 3.77. The Hall–Kier alpha value is -0.550. The number of benzene rings is 1. The minimum Gasteiger partial charge on any atom is -0.489 e. The SMILES string of the molecule is CCOc1c(F)cc([C@H](N)CCO)cc1Cl.Cl. The summed E-state index contributed by atoms with van der Waals surface area (Å²) in [5, 5.41) is 8.94. The summed E-state index contributed by atoms with van der Waals surface area (Å²) in [7, 11) is 0. The number of aliphatic hydroxyl groups excluding tert-OH is 1. The average Bonchev–Trinajstić information content (AvgIpc) is 2.23. The van der Waals surface area contributed by atoms with Crippen molar-refractivity contribution in [3.8, 4) is 5.75 Å². The molecule has 3 nitrogen and oxygen atoms in total. The molecule has 1 atom stereocenters. The van der Waals surface area contributed by atoms with Crippen molar-refractivity contribution in [3.63, 3.8) is 0 Å². The molecule has 1 rings (SSSR count). The van der Waals surface area contributed by atoms with Crippen LogP contribution < -0.4 is 10.5 Å². The van der Waals surface area contributed by atoms with Crippen LogP contribution in [0.15, 0.2) is 12.1 Å². The van der Waals surface area contributed by atoms with E-state index < -0.39 is 11.9 Å². The Balaban J connectivity index is 0.00000256. The molecule has 1 aromatic rings. The maximum atomic E-state index is 13.6. The van der Waals surface area contributed by atoms with Crippen LogP contribution in [0.25, 0.3) is 0 Å². The lowest BCUT2D eigenvalue weighted by Crippen LogP contribution is -2.12. The molecule has 0 amide bonds. The van der Waals surface area contributed by atoms with Gasteiger partial charge in [0.1, 0.15) is 0 Å². The van der Waals surface area contributed by atoms with E-state index in [1.165, 1.54) is 6.07 Å². The van der Waals surface area contributed by atoms with Crippen LogP contribution >= 0.6 is 24.0 Å². The van der Waals surface area contributed by atoms with Gasteiger partial charge in [0, 0.05) is 12.6 Å². The summed E-state index contributed by atoms with van der Waals surface area (Å²) >= 11 is 5.87. The van der Waals surface area contributed by atoms with Gasteiger partial charge in [0.05, 0.1) is 11.6 Å². The number of aliphatic hydroxyl groups is 1. The van der Waals surface area contributed by atoms with Gasteiger partial charge in [-0.3, -0.25) is 0 Å². The Bertz CT molecular complexity index is 340. The van der Waals surface area contributed by atoms with Gasteiger partial charge in [0.2, 0.25) is 0 Å². The highest BCUT2D eigenvalue weighted by Crippen LogP contribution is 2.31. The van der Waals surface area contributed by atoms with Crippen molar-refractivity contribution in [2.45, 2.75) is 19.4 Å². The van der Waals surface area contributed by atoms with Gasteiger partial charge in [-0.15, -0.1) is 12.4 Å². The fourth-order valence-corrected chi connectivity index (χ4v) is 1.65. The largest absolute Gasteiger partial charge is 0.489 e. The van der Waals surface area contributed by atoms with E-state index in [-0.39, 0.29) is 29.8 Å². The Morgan fingerprint density at radius 1 is 1.53 bits per heavy atom. The molecular formula is C11H16Cl2FNO2. The summed E-state index contributed by atoms with van der Waals surface area (Å²) in [5.74, 6) is -0.484. The minimum atomic E-state index is -0.530. The van der Waals surface area contributed by atoms with Gasteiger partial charge in [0.15, 0.2) is 11.6 Å². The average molecular weight is 284 g/mol. The first-order chi connectivity index (χ1) is 7.60. The van der Waals surface area contributed by atoms with Crippen molar-refractivity contribution in [2.75, 3.05) is 13.2 Å². The smallest absolute Gasteiger partial charge is 0.173 e. The highest BCUT2D eigenvalue weighted by atomic mass is 35.5. The Labute approximate surface area is 111 Å². The Morgan fingerprint density at radius 2 is 2.18 bits per heavy atom. The monoisotopic (exact) mass is 283 g/mol. The molecule has 0 aliphatic rings. The van der Waals surface area contributed by atoms with Crippen LogP contribution in [0, 0.1) is 5.82 Å². The van der Waals surface area contributed by atoms with Crippen molar-refractivity contribution in [1.29, 1.82) is 0 Å². The van der Waals surface area contributed by atoms with Crippen LogP contribution in [0.3, 0.4) is 0 Å². The van der Waals surface area contributed by atoms with Gasteiger partial charge in [-0.25, -0.2) is 4.39 Å². The third-order valence-corrected chi connectivity index (χ3v) is 2.46. The zero-order chi connectivity index (χ0) is 12.1. The third kappa shape index (κ3) is 4.32. The lowest BCUT2D eigenvalue weighted by Gasteiger charge is -2.13. The summed E-state index contributed by atoms with van der Waals surface area (Å²) in [6.07, 6.45) is 0.365. The van der Waals surface area contributed by atoms with Gasteiger partial charge >= 0.3 is 0 Å². The van der Waals surface area contributed by atoms with E-state index in [1.807, 2.05) is 0 Å². The van der Waals surface area contributed by atoms with E-state index in [1.54, 1.807) is 13.0 Å². The van der Waals surface area contributed by atoms with Crippen molar-refractivity contribution < 1.29 is 14.2 Å². The molecule has 0 heterocycles. The predicted molar refractivity (Wildman–Crippen MR) is 68.5 cm³/mol. The van der Waals surface area contributed by atoms with Crippen LogP contribution in [-0.4, -0.2) is 18.3 Å². The van der Waals surface area contributed by atoms with Crippen molar-refractivity contribution in [1.82, 2.24) is 0 Å². The van der Waals surface area contributed by atoms with Crippen molar-refractivity contribution >= 4 is 24.0 Å². The first kappa shape index (κ1) is 16.4. The lowest BCUT2D eigenvalue weighted by molar-refractivity contribution is 0.276. The van der Waals surface area contributed by atoms with Crippen LogP contribution in [0.4, 0.5) is 4.39 Å². The molecule has 0 fully saturated rings. The summed E-state index contributed by atoms with van der Waals surface area (Å²) in [4.78, 5) is 0. The highest BCUT2D eigenvalue weighted by Gasteiger charge is 2.14. The van der Waals surface area contributed by atoms with Crippen molar-refractivity contribution in [3.05, 3.63) is 28.5 Å². The topological polar surface area (TPSA) is 55.5 Å². The first-order valence-electron chi connectivity index (χ1n) is 5.08. The summed E-state index contributed by atoms with van der Waals surface area (Å²) < 4.78 is 18.6. The zero-order valence-corrected chi connectivity index (χ0v) is 11.0. The van der Waals surface area contributed by atoms with Gasteiger partial charge in [-0.1, -0.05) is 11.6 Å². The Morgan fingerprint density at radius 3 is 2.65 bits per heavy atom. The fraction of sp³-hybridized carbons (Fsp3) is 0.455. The fourth-order valence-electron chi connectivity index (χ4n) is 1.38. The zero-order valence-electron chi connectivity index (χ0n) is 9.45. The van der Waals surface area contributed by atoms with E-state index in [0.717, 1.165) is 0 Å². The molecule has 0 aliphatic heterocycles. The van der Waals surface area contributed by atoms with Gasteiger partial charge in [-0.2, -0.15) is 0 Å². The van der Waals surface area contributed by atoms with Gasteiger partial charge in [-0.05, 0) is 31.0 Å². The number of halogens is 3. The van der Waals surface area contributed by atoms with Crippen LogP contribution in [-0.2, 0) is 0 Å². The van der Waals surface area contributed by atoms with E-state index in [9.17, 15) is 4.39 Å². The van der Waals surface area contributed by atoms with Crippen LogP contribution in [0.5, 0.6) is 5.75 Å². The second kappa shape index (κ2) is 7.71. The molecule has 1 aromatic carbocycles. The number of hydrogen-bond acceptors (Lipinski definition) is 3. The number of nitrogens with two attached hydrogens (primary N) is 1. The van der Waals surface area contributed by atoms with Crippen LogP contribution in [0.2, 0.25) is 5.02 Å². The highest BCUT2D eigenvalue weighted by molar-refractivity contribution is 6.32. The molecule has 0 unspecified atom stereocenters. The molecule has 6 heteroatoms. The molecule has 0 aliphatic carbocycles. The lowest BCUT2D eigenvalue weighted by atomic mass is 10.0. The molecule has 0 bridgehead atoms. The molecule has 0 aromatic heterocycles. The molecule has 0 saturated carbocycles. The first-order valence-corrected chi connectivity index (χ1v) is 5.46. The molecule has 0 saturated heterocycles. The van der Waals surface area contributed by atoms with Crippen LogP contribution in [0.1, 0.15) is 24.9 Å².